The summed E-state index contributed by atoms with van der Waals surface area (Å²) < 4.78 is 13.4. The second-order valence-electron chi connectivity index (χ2n) is 5.39. The molecular formula is C18H23FN2. The Morgan fingerprint density at radius 1 is 1.14 bits per heavy atom. The predicted octanol–water partition coefficient (Wildman–Crippen LogP) is 3.83. The van der Waals surface area contributed by atoms with Gasteiger partial charge in [-0.1, -0.05) is 31.2 Å². The molecule has 0 heterocycles. The molecule has 0 aliphatic carbocycles. The van der Waals surface area contributed by atoms with Crippen molar-refractivity contribution in [3.8, 4) is 0 Å². The van der Waals surface area contributed by atoms with Gasteiger partial charge in [0.2, 0.25) is 0 Å². The zero-order valence-electron chi connectivity index (χ0n) is 12.9. The van der Waals surface area contributed by atoms with Crippen LogP contribution in [0.15, 0.2) is 42.5 Å². The van der Waals surface area contributed by atoms with Gasteiger partial charge < -0.3 is 10.6 Å². The summed E-state index contributed by atoms with van der Waals surface area (Å²) in [5, 5.41) is 0. The first-order chi connectivity index (χ1) is 10.1. The monoisotopic (exact) mass is 286 g/mol. The lowest BCUT2D eigenvalue weighted by Gasteiger charge is -2.30. The zero-order valence-corrected chi connectivity index (χ0v) is 12.9. The molecule has 0 aliphatic heterocycles. The Kier molecular flexibility index (Phi) is 4.97. The second-order valence-corrected chi connectivity index (χ2v) is 5.39. The minimum atomic E-state index is -0.176. The third-order valence-corrected chi connectivity index (χ3v) is 4.01. The summed E-state index contributed by atoms with van der Waals surface area (Å²) in [7, 11) is 2.02. The lowest BCUT2D eigenvalue weighted by atomic mass is 10.0. The Bertz CT molecular complexity index is 593. The van der Waals surface area contributed by atoms with E-state index in [1.165, 1.54) is 11.6 Å². The van der Waals surface area contributed by atoms with Crippen molar-refractivity contribution in [2.24, 2.45) is 5.73 Å². The molecule has 0 amide bonds. The average molecular weight is 286 g/mol. The Labute approximate surface area is 126 Å². The van der Waals surface area contributed by atoms with Gasteiger partial charge in [-0.15, -0.1) is 0 Å². The molecule has 2 N–H and O–H groups in total. The highest BCUT2D eigenvalue weighted by Crippen LogP contribution is 2.26. The molecule has 3 heteroatoms. The largest absolute Gasteiger partial charge is 0.366 e. The first-order valence-electron chi connectivity index (χ1n) is 7.34. The summed E-state index contributed by atoms with van der Waals surface area (Å²) in [6.07, 6.45) is 1.03. The minimum absolute atomic E-state index is 0.0387. The summed E-state index contributed by atoms with van der Waals surface area (Å²) in [5.41, 5.74) is 10.1. The number of anilines is 1. The molecule has 21 heavy (non-hydrogen) atoms. The van der Waals surface area contributed by atoms with Crippen LogP contribution in [0.25, 0.3) is 0 Å². The van der Waals surface area contributed by atoms with Gasteiger partial charge in [0.15, 0.2) is 0 Å². The predicted molar refractivity (Wildman–Crippen MR) is 87.2 cm³/mol. The Morgan fingerprint density at radius 2 is 1.81 bits per heavy atom. The highest BCUT2D eigenvalue weighted by Gasteiger charge is 2.16. The number of likely N-dealkylation sites (N-methyl/N-ethyl adjacent to an activating group) is 1. The number of nitrogens with two attached hydrogens (primary N) is 1. The van der Waals surface area contributed by atoms with Crippen LogP contribution >= 0.6 is 0 Å². The van der Waals surface area contributed by atoms with E-state index in [0.717, 1.165) is 17.7 Å². The summed E-state index contributed by atoms with van der Waals surface area (Å²) in [6, 6.07) is 13.7. The van der Waals surface area contributed by atoms with Crippen molar-refractivity contribution >= 4 is 5.69 Å². The van der Waals surface area contributed by atoms with Crippen molar-refractivity contribution < 1.29 is 4.39 Å². The van der Waals surface area contributed by atoms with E-state index in [0.29, 0.717) is 12.1 Å². The molecule has 112 valence electrons. The van der Waals surface area contributed by atoms with Crippen LogP contribution in [-0.4, -0.2) is 13.6 Å². The molecule has 0 saturated carbocycles. The fraction of sp³-hybridized carbons (Fsp3) is 0.333. The molecule has 2 nitrogen and oxygen atoms in total. The van der Waals surface area contributed by atoms with Gasteiger partial charge in [0.1, 0.15) is 5.82 Å². The number of hydrogen-bond donors (Lipinski definition) is 1. The van der Waals surface area contributed by atoms with Crippen LogP contribution in [0.4, 0.5) is 10.1 Å². The van der Waals surface area contributed by atoms with E-state index in [1.54, 1.807) is 6.92 Å². The number of hydrogen-bond acceptors (Lipinski definition) is 2. The summed E-state index contributed by atoms with van der Waals surface area (Å²) in [6.45, 7) is 4.41. The molecule has 2 aromatic rings. The molecule has 0 saturated heterocycles. The van der Waals surface area contributed by atoms with Crippen LogP contribution in [0.5, 0.6) is 0 Å². The fourth-order valence-corrected chi connectivity index (χ4v) is 2.54. The maximum Gasteiger partial charge on any atom is 0.126 e. The SMILES string of the molecule is CCc1ccc(N(C)C(CN)c2ccc(F)c(C)c2)cc1. The lowest BCUT2D eigenvalue weighted by molar-refractivity contribution is 0.613. The Morgan fingerprint density at radius 3 is 2.33 bits per heavy atom. The summed E-state index contributed by atoms with van der Waals surface area (Å²) in [5.74, 6) is -0.176. The first kappa shape index (κ1) is 15.5. The smallest absolute Gasteiger partial charge is 0.126 e. The number of benzene rings is 2. The zero-order chi connectivity index (χ0) is 15.4. The molecule has 0 aromatic heterocycles. The van der Waals surface area contributed by atoms with Gasteiger partial charge in [-0.25, -0.2) is 4.39 Å². The minimum Gasteiger partial charge on any atom is -0.366 e. The van der Waals surface area contributed by atoms with E-state index in [1.807, 2.05) is 19.2 Å². The molecule has 0 bridgehead atoms. The van der Waals surface area contributed by atoms with Crippen LogP contribution in [0.3, 0.4) is 0 Å². The van der Waals surface area contributed by atoms with E-state index < -0.39 is 0 Å². The van der Waals surface area contributed by atoms with Gasteiger partial charge >= 0.3 is 0 Å². The second kappa shape index (κ2) is 6.72. The molecule has 0 fully saturated rings. The number of rotatable bonds is 5. The van der Waals surface area contributed by atoms with Gasteiger partial charge in [0, 0.05) is 19.3 Å². The molecule has 1 unspecified atom stereocenters. The Balaban J connectivity index is 2.28. The van der Waals surface area contributed by atoms with Gasteiger partial charge in [-0.2, -0.15) is 0 Å². The molecule has 0 radical (unpaired) electrons. The fourth-order valence-electron chi connectivity index (χ4n) is 2.54. The molecule has 0 aliphatic rings. The van der Waals surface area contributed by atoms with Crippen LogP contribution in [0, 0.1) is 12.7 Å². The van der Waals surface area contributed by atoms with Crippen LogP contribution in [0.1, 0.15) is 29.7 Å². The Hall–Kier alpha value is -1.87. The van der Waals surface area contributed by atoms with Crippen molar-refractivity contribution in [1.29, 1.82) is 0 Å². The van der Waals surface area contributed by atoms with E-state index in [9.17, 15) is 4.39 Å². The number of halogens is 1. The third kappa shape index (κ3) is 3.42. The third-order valence-electron chi connectivity index (χ3n) is 4.01. The number of nitrogens with zero attached hydrogens (tertiary/aromatic N) is 1. The van der Waals surface area contributed by atoms with E-state index in [2.05, 4.69) is 36.1 Å². The van der Waals surface area contributed by atoms with Crippen molar-refractivity contribution in [2.75, 3.05) is 18.5 Å². The van der Waals surface area contributed by atoms with Crippen molar-refractivity contribution in [1.82, 2.24) is 0 Å². The highest BCUT2D eigenvalue weighted by molar-refractivity contribution is 5.49. The van der Waals surface area contributed by atoms with E-state index in [4.69, 9.17) is 5.73 Å². The quantitative estimate of drug-likeness (QED) is 0.905. The topological polar surface area (TPSA) is 29.3 Å². The van der Waals surface area contributed by atoms with Gasteiger partial charge in [0.05, 0.1) is 6.04 Å². The van der Waals surface area contributed by atoms with Gasteiger partial charge in [-0.05, 0) is 48.2 Å². The normalized spacial score (nSPS) is 12.2. The maximum absolute atomic E-state index is 13.4. The van der Waals surface area contributed by atoms with Crippen LogP contribution in [0.2, 0.25) is 0 Å². The van der Waals surface area contributed by atoms with Crippen LogP contribution in [-0.2, 0) is 6.42 Å². The maximum atomic E-state index is 13.4. The lowest BCUT2D eigenvalue weighted by Crippen LogP contribution is -2.30. The van der Waals surface area contributed by atoms with Gasteiger partial charge in [0.25, 0.3) is 0 Å². The average Bonchev–Trinajstić information content (AvgIpc) is 2.51. The van der Waals surface area contributed by atoms with Crippen LogP contribution < -0.4 is 10.6 Å². The van der Waals surface area contributed by atoms with Crippen molar-refractivity contribution in [3.05, 3.63) is 65.0 Å². The summed E-state index contributed by atoms with van der Waals surface area (Å²) in [4.78, 5) is 2.14. The van der Waals surface area contributed by atoms with Crippen molar-refractivity contribution in [3.63, 3.8) is 0 Å². The molecule has 0 spiro atoms. The number of aryl methyl sites for hydroxylation is 2. The van der Waals surface area contributed by atoms with E-state index in [-0.39, 0.29) is 11.9 Å². The molecule has 2 aromatic carbocycles. The molecule has 1 atom stereocenters. The first-order valence-corrected chi connectivity index (χ1v) is 7.34. The van der Waals surface area contributed by atoms with Gasteiger partial charge in [-0.3, -0.25) is 0 Å². The standard InChI is InChI=1S/C18H23FN2/c1-4-14-5-8-16(9-6-14)21(3)18(12-20)15-7-10-17(19)13(2)11-15/h5-11,18H,4,12,20H2,1-3H3. The van der Waals surface area contributed by atoms with E-state index >= 15 is 0 Å². The summed E-state index contributed by atoms with van der Waals surface area (Å²) >= 11 is 0. The molecular weight excluding hydrogens is 263 g/mol. The van der Waals surface area contributed by atoms with Crippen molar-refractivity contribution in [2.45, 2.75) is 26.3 Å². The highest BCUT2D eigenvalue weighted by atomic mass is 19.1. The molecule has 2 rings (SSSR count).